The monoisotopic (exact) mass is 263 g/mol. The third kappa shape index (κ3) is 1.90. The quantitative estimate of drug-likeness (QED) is 0.807. The summed E-state index contributed by atoms with van der Waals surface area (Å²) in [6.45, 7) is 1.77. The highest BCUT2D eigenvalue weighted by Crippen LogP contribution is 2.42. The molecule has 0 radical (unpaired) electrons. The number of fused-ring (bicyclic) bond motifs is 1. The van der Waals surface area contributed by atoms with Crippen LogP contribution in [0, 0.1) is 23.2 Å². The standard InChI is InChI=1S/C12H13N3O2S/c13-5-8-2-1-3-9(4-8)18(16,17)15-12-10-6-14-7-11(10)12/h1-4,10-12,14-15H,6-7H2. The van der Waals surface area contributed by atoms with E-state index in [2.05, 4.69) is 10.0 Å². The first-order valence-corrected chi connectivity index (χ1v) is 7.33. The Labute approximate surface area is 106 Å². The second-order valence-electron chi connectivity index (χ2n) is 4.77. The lowest BCUT2D eigenvalue weighted by atomic mass is 10.2. The normalized spacial score (nSPS) is 29.6. The van der Waals surface area contributed by atoms with Crippen molar-refractivity contribution in [3.8, 4) is 6.07 Å². The summed E-state index contributed by atoms with van der Waals surface area (Å²) in [5.41, 5.74) is 0.357. The van der Waals surface area contributed by atoms with E-state index in [1.807, 2.05) is 6.07 Å². The van der Waals surface area contributed by atoms with Crippen LogP contribution in [0.1, 0.15) is 5.56 Å². The van der Waals surface area contributed by atoms with Crippen molar-refractivity contribution >= 4 is 10.0 Å². The van der Waals surface area contributed by atoms with Crippen molar-refractivity contribution in [3.05, 3.63) is 29.8 Å². The van der Waals surface area contributed by atoms with E-state index < -0.39 is 10.0 Å². The molecule has 1 aromatic rings. The van der Waals surface area contributed by atoms with Crippen molar-refractivity contribution in [1.29, 1.82) is 5.26 Å². The van der Waals surface area contributed by atoms with Crippen LogP contribution in [0.15, 0.2) is 29.2 Å². The van der Waals surface area contributed by atoms with Gasteiger partial charge in [-0.1, -0.05) is 6.07 Å². The molecule has 1 aromatic carbocycles. The van der Waals surface area contributed by atoms with Crippen LogP contribution >= 0.6 is 0 Å². The van der Waals surface area contributed by atoms with Crippen LogP contribution in [0.2, 0.25) is 0 Å². The first-order chi connectivity index (χ1) is 8.62. The van der Waals surface area contributed by atoms with Gasteiger partial charge in [-0.05, 0) is 43.1 Å². The molecule has 1 aliphatic carbocycles. The highest BCUT2D eigenvalue weighted by Gasteiger charge is 2.54. The molecule has 1 heterocycles. The average molecular weight is 263 g/mol. The molecule has 0 spiro atoms. The lowest BCUT2D eigenvalue weighted by Crippen LogP contribution is -2.32. The third-order valence-corrected chi connectivity index (χ3v) is 5.11. The predicted molar refractivity (Wildman–Crippen MR) is 65.1 cm³/mol. The molecular weight excluding hydrogens is 250 g/mol. The Kier molecular flexibility index (Phi) is 2.63. The minimum atomic E-state index is -3.50. The van der Waals surface area contributed by atoms with Gasteiger partial charge in [-0.2, -0.15) is 5.26 Å². The SMILES string of the molecule is N#Cc1cccc(S(=O)(=O)NC2C3CNCC32)c1. The van der Waals surface area contributed by atoms with E-state index in [0.29, 0.717) is 17.4 Å². The van der Waals surface area contributed by atoms with Gasteiger partial charge >= 0.3 is 0 Å². The van der Waals surface area contributed by atoms with Crippen molar-refractivity contribution in [1.82, 2.24) is 10.0 Å². The van der Waals surface area contributed by atoms with E-state index in [1.165, 1.54) is 12.1 Å². The smallest absolute Gasteiger partial charge is 0.240 e. The Bertz CT molecular complexity index is 610. The Morgan fingerprint density at radius 3 is 2.72 bits per heavy atom. The molecule has 3 rings (SSSR count). The summed E-state index contributed by atoms with van der Waals surface area (Å²) in [7, 11) is -3.50. The number of sulfonamides is 1. The van der Waals surface area contributed by atoms with Gasteiger partial charge in [0.25, 0.3) is 0 Å². The van der Waals surface area contributed by atoms with Gasteiger partial charge in [0.1, 0.15) is 0 Å². The Balaban J connectivity index is 1.80. The molecule has 2 aliphatic rings. The summed E-state index contributed by atoms with van der Waals surface area (Å²) >= 11 is 0. The average Bonchev–Trinajstić information content (AvgIpc) is 2.80. The molecule has 1 aliphatic heterocycles. The Hall–Kier alpha value is -1.42. The second-order valence-corrected chi connectivity index (χ2v) is 6.49. The number of nitrogens with zero attached hydrogens (tertiary/aromatic N) is 1. The van der Waals surface area contributed by atoms with E-state index in [-0.39, 0.29) is 10.9 Å². The molecule has 6 heteroatoms. The first-order valence-electron chi connectivity index (χ1n) is 5.85. The van der Waals surface area contributed by atoms with E-state index in [9.17, 15) is 8.42 Å². The fraction of sp³-hybridized carbons (Fsp3) is 0.417. The minimum absolute atomic E-state index is 0.0574. The van der Waals surface area contributed by atoms with E-state index in [0.717, 1.165) is 13.1 Å². The Morgan fingerprint density at radius 2 is 2.06 bits per heavy atom. The van der Waals surface area contributed by atoms with Crippen LogP contribution in [-0.2, 0) is 10.0 Å². The minimum Gasteiger partial charge on any atom is -0.316 e. The maximum atomic E-state index is 12.1. The summed E-state index contributed by atoms with van der Waals surface area (Å²) in [6.07, 6.45) is 0. The largest absolute Gasteiger partial charge is 0.316 e. The highest BCUT2D eigenvalue weighted by molar-refractivity contribution is 7.89. The summed E-state index contributed by atoms with van der Waals surface area (Å²) in [5.74, 6) is 0.859. The summed E-state index contributed by atoms with van der Waals surface area (Å²) in [6, 6.07) is 8.10. The topological polar surface area (TPSA) is 82.0 Å². The Morgan fingerprint density at radius 1 is 1.33 bits per heavy atom. The molecule has 94 valence electrons. The number of nitrogens with one attached hydrogen (secondary N) is 2. The van der Waals surface area contributed by atoms with Crippen LogP contribution < -0.4 is 10.0 Å². The highest BCUT2D eigenvalue weighted by atomic mass is 32.2. The second kappa shape index (κ2) is 4.05. The number of hydrogen-bond acceptors (Lipinski definition) is 4. The van der Waals surface area contributed by atoms with Gasteiger partial charge in [-0.3, -0.25) is 0 Å². The molecule has 1 saturated heterocycles. The van der Waals surface area contributed by atoms with Crippen LogP contribution in [0.25, 0.3) is 0 Å². The molecular formula is C12H13N3O2S. The number of rotatable bonds is 3. The summed E-state index contributed by atoms with van der Waals surface area (Å²) < 4.78 is 27.0. The van der Waals surface area contributed by atoms with Gasteiger partial charge in [0.2, 0.25) is 10.0 Å². The third-order valence-electron chi connectivity index (χ3n) is 3.66. The summed E-state index contributed by atoms with van der Waals surface area (Å²) in [5, 5.41) is 12.0. The van der Waals surface area contributed by atoms with E-state index >= 15 is 0 Å². The molecule has 2 N–H and O–H groups in total. The molecule has 2 unspecified atom stereocenters. The zero-order valence-electron chi connectivity index (χ0n) is 9.63. The molecule has 0 bridgehead atoms. The maximum Gasteiger partial charge on any atom is 0.240 e. The first kappa shape index (κ1) is 11.7. The van der Waals surface area contributed by atoms with E-state index in [1.54, 1.807) is 12.1 Å². The fourth-order valence-electron chi connectivity index (χ4n) is 2.57. The number of nitriles is 1. The lowest BCUT2D eigenvalue weighted by Gasteiger charge is -2.08. The van der Waals surface area contributed by atoms with Gasteiger partial charge in [-0.15, -0.1) is 0 Å². The van der Waals surface area contributed by atoms with Crippen molar-refractivity contribution in [2.24, 2.45) is 11.8 Å². The van der Waals surface area contributed by atoms with Gasteiger partial charge in [-0.25, -0.2) is 13.1 Å². The van der Waals surface area contributed by atoms with Crippen LogP contribution in [0.3, 0.4) is 0 Å². The molecule has 1 saturated carbocycles. The zero-order valence-corrected chi connectivity index (χ0v) is 10.4. The molecule has 18 heavy (non-hydrogen) atoms. The molecule has 2 fully saturated rings. The predicted octanol–water partition coefficient (Wildman–Crippen LogP) is 0.0544. The number of benzene rings is 1. The lowest BCUT2D eigenvalue weighted by molar-refractivity contribution is 0.565. The van der Waals surface area contributed by atoms with Crippen molar-refractivity contribution in [2.75, 3.05) is 13.1 Å². The van der Waals surface area contributed by atoms with Gasteiger partial charge in [0, 0.05) is 6.04 Å². The summed E-state index contributed by atoms with van der Waals surface area (Å²) in [4.78, 5) is 0.166. The van der Waals surface area contributed by atoms with Gasteiger partial charge in [0.15, 0.2) is 0 Å². The molecule has 0 aromatic heterocycles. The van der Waals surface area contributed by atoms with Crippen LogP contribution in [0.5, 0.6) is 0 Å². The van der Waals surface area contributed by atoms with Gasteiger partial charge < -0.3 is 5.32 Å². The van der Waals surface area contributed by atoms with Crippen molar-refractivity contribution in [2.45, 2.75) is 10.9 Å². The maximum absolute atomic E-state index is 12.1. The zero-order chi connectivity index (χ0) is 12.8. The van der Waals surface area contributed by atoms with Crippen molar-refractivity contribution in [3.63, 3.8) is 0 Å². The van der Waals surface area contributed by atoms with Gasteiger partial charge in [0.05, 0.1) is 16.5 Å². The fourth-order valence-corrected chi connectivity index (χ4v) is 3.96. The molecule has 5 nitrogen and oxygen atoms in total. The van der Waals surface area contributed by atoms with Crippen molar-refractivity contribution < 1.29 is 8.42 Å². The number of piperidine rings is 1. The number of hydrogen-bond donors (Lipinski definition) is 2. The van der Waals surface area contributed by atoms with E-state index in [4.69, 9.17) is 5.26 Å². The molecule has 2 atom stereocenters. The molecule has 0 amide bonds. The van der Waals surface area contributed by atoms with Crippen LogP contribution in [-0.4, -0.2) is 27.5 Å². The van der Waals surface area contributed by atoms with Crippen LogP contribution in [0.4, 0.5) is 0 Å².